The van der Waals surface area contributed by atoms with Gasteiger partial charge in [0.15, 0.2) is 5.78 Å². The highest BCUT2D eigenvalue weighted by molar-refractivity contribution is 6.16. The highest BCUT2D eigenvalue weighted by Gasteiger charge is 2.16. The SMILES string of the molecule is C/C1=C\CCC(=O)/C(C(=O)O)=C\CC1. The number of rotatable bonds is 1. The molecule has 0 fully saturated rings. The van der Waals surface area contributed by atoms with Crippen LogP contribution < -0.4 is 0 Å². The minimum atomic E-state index is -1.10. The zero-order chi connectivity index (χ0) is 10.6. The van der Waals surface area contributed by atoms with Crippen molar-refractivity contribution in [3.63, 3.8) is 0 Å². The molecule has 3 nitrogen and oxygen atoms in total. The lowest BCUT2D eigenvalue weighted by Crippen LogP contribution is -2.11. The van der Waals surface area contributed by atoms with E-state index in [1.807, 2.05) is 13.0 Å². The number of carboxylic acids is 1. The summed E-state index contributed by atoms with van der Waals surface area (Å²) in [5, 5.41) is 8.78. The first-order valence-corrected chi connectivity index (χ1v) is 4.73. The van der Waals surface area contributed by atoms with E-state index in [9.17, 15) is 9.59 Å². The number of aliphatic carboxylic acids is 1. The largest absolute Gasteiger partial charge is 0.478 e. The lowest BCUT2D eigenvalue weighted by molar-refractivity contribution is -0.134. The van der Waals surface area contributed by atoms with E-state index in [1.54, 1.807) is 0 Å². The van der Waals surface area contributed by atoms with Crippen LogP contribution in [0, 0.1) is 0 Å². The highest BCUT2D eigenvalue weighted by atomic mass is 16.4. The van der Waals surface area contributed by atoms with Gasteiger partial charge in [0.2, 0.25) is 0 Å². The fraction of sp³-hybridized carbons (Fsp3) is 0.455. The van der Waals surface area contributed by atoms with Crippen molar-refractivity contribution in [2.45, 2.75) is 32.6 Å². The number of hydrogen-bond acceptors (Lipinski definition) is 2. The molecular weight excluding hydrogens is 180 g/mol. The molecule has 1 aliphatic carbocycles. The van der Waals surface area contributed by atoms with Crippen LogP contribution in [0.3, 0.4) is 0 Å². The van der Waals surface area contributed by atoms with Crippen molar-refractivity contribution in [3.05, 3.63) is 23.3 Å². The predicted octanol–water partition coefficient (Wildman–Crippen LogP) is 2.09. The lowest BCUT2D eigenvalue weighted by Gasteiger charge is -1.98. The second kappa shape index (κ2) is 4.74. The molecule has 14 heavy (non-hydrogen) atoms. The second-order valence-electron chi connectivity index (χ2n) is 3.47. The average molecular weight is 194 g/mol. The fourth-order valence-electron chi connectivity index (χ4n) is 1.45. The summed E-state index contributed by atoms with van der Waals surface area (Å²) < 4.78 is 0. The van der Waals surface area contributed by atoms with Crippen molar-refractivity contribution in [2.75, 3.05) is 0 Å². The van der Waals surface area contributed by atoms with Crippen LogP contribution in [-0.4, -0.2) is 16.9 Å². The number of allylic oxidation sites excluding steroid dienone is 3. The van der Waals surface area contributed by atoms with E-state index in [1.165, 1.54) is 11.6 Å². The minimum absolute atomic E-state index is 0.0481. The van der Waals surface area contributed by atoms with Crippen LogP contribution in [0.1, 0.15) is 32.6 Å². The van der Waals surface area contributed by atoms with Gasteiger partial charge in [0.1, 0.15) is 0 Å². The van der Waals surface area contributed by atoms with E-state index in [0.717, 1.165) is 6.42 Å². The van der Waals surface area contributed by atoms with Crippen LogP contribution in [0.15, 0.2) is 23.3 Å². The third kappa shape index (κ3) is 2.83. The number of hydrogen-bond donors (Lipinski definition) is 1. The van der Waals surface area contributed by atoms with Gasteiger partial charge in [-0.25, -0.2) is 4.79 Å². The van der Waals surface area contributed by atoms with Gasteiger partial charge in [0, 0.05) is 6.42 Å². The first-order valence-electron chi connectivity index (χ1n) is 4.73. The number of ketones is 1. The summed E-state index contributed by atoms with van der Waals surface area (Å²) in [6.45, 7) is 2.00. The molecule has 0 bridgehead atoms. The molecule has 76 valence electrons. The molecule has 0 saturated heterocycles. The van der Waals surface area contributed by atoms with E-state index in [4.69, 9.17) is 5.11 Å². The van der Waals surface area contributed by atoms with Crippen molar-refractivity contribution in [3.8, 4) is 0 Å². The molecule has 3 heteroatoms. The molecule has 1 aliphatic rings. The first-order chi connectivity index (χ1) is 6.61. The van der Waals surface area contributed by atoms with E-state index >= 15 is 0 Å². The molecule has 1 N–H and O–H groups in total. The molecule has 0 aliphatic heterocycles. The van der Waals surface area contributed by atoms with Gasteiger partial charge in [-0.1, -0.05) is 17.7 Å². The van der Waals surface area contributed by atoms with Crippen LogP contribution in [0.2, 0.25) is 0 Å². The van der Waals surface area contributed by atoms with Crippen LogP contribution in [0.4, 0.5) is 0 Å². The van der Waals surface area contributed by atoms with E-state index < -0.39 is 5.97 Å². The summed E-state index contributed by atoms with van der Waals surface area (Å²) in [5.74, 6) is -1.36. The van der Waals surface area contributed by atoms with Gasteiger partial charge in [-0.3, -0.25) is 4.79 Å². The monoisotopic (exact) mass is 194 g/mol. The standard InChI is InChI=1S/C11H14O3/c1-8-4-2-6-9(11(13)14)10(12)7-3-5-8/h5-6H,2-4,7H2,1H3,(H,13,14)/b8-5+,9-6+. The smallest absolute Gasteiger partial charge is 0.338 e. The van der Waals surface area contributed by atoms with Gasteiger partial charge in [-0.2, -0.15) is 0 Å². The maximum Gasteiger partial charge on any atom is 0.338 e. The molecule has 1 rings (SSSR count). The Hall–Kier alpha value is -1.38. The second-order valence-corrected chi connectivity index (χ2v) is 3.47. The Balaban J connectivity index is 2.82. The summed E-state index contributed by atoms with van der Waals surface area (Å²) in [7, 11) is 0. The number of carbonyl (C=O) groups excluding carboxylic acids is 1. The van der Waals surface area contributed by atoms with Crippen molar-refractivity contribution in [1.82, 2.24) is 0 Å². The normalized spacial score (nSPS) is 26.2. The van der Waals surface area contributed by atoms with Crippen LogP contribution in [0.5, 0.6) is 0 Å². The Labute approximate surface area is 83.1 Å². The Morgan fingerprint density at radius 1 is 1.29 bits per heavy atom. The number of carbonyl (C=O) groups is 2. The van der Waals surface area contributed by atoms with E-state index in [-0.39, 0.29) is 11.4 Å². The highest BCUT2D eigenvalue weighted by Crippen LogP contribution is 2.14. The maximum atomic E-state index is 11.4. The average Bonchev–Trinajstić information content (AvgIpc) is 2.17. The molecule has 0 aromatic heterocycles. The van der Waals surface area contributed by atoms with E-state index in [0.29, 0.717) is 19.3 Å². The van der Waals surface area contributed by atoms with Crippen molar-refractivity contribution >= 4 is 11.8 Å². The minimum Gasteiger partial charge on any atom is -0.478 e. The van der Waals surface area contributed by atoms with Gasteiger partial charge in [0.05, 0.1) is 5.57 Å². The van der Waals surface area contributed by atoms with Crippen molar-refractivity contribution < 1.29 is 14.7 Å². The lowest BCUT2D eigenvalue weighted by atomic mass is 10.1. The molecular formula is C11H14O3. The quantitative estimate of drug-likeness (QED) is 0.513. The summed E-state index contributed by atoms with van der Waals surface area (Å²) in [5.41, 5.74) is 1.17. The Bertz CT molecular complexity index is 310. The molecule has 0 aromatic rings. The first kappa shape index (κ1) is 10.7. The van der Waals surface area contributed by atoms with Gasteiger partial charge in [0.25, 0.3) is 0 Å². The molecule has 0 radical (unpaired) electrons. The summed E-state index contributed by atoms with van der Waals surface area (Å²) >= 11 is 0. The molecule has 0 unspecified atom stereocenters. The zero-order valence-corrected chi connectivity index (χ0v) is 8.25. The maximum absolute atomic E-state index is 11.4. The zero-order valence-electron chi connectivity index (χ0n) is 8.25. The summed E-state index contributed by atoms with van der Waals surface area (Å²) in [6.07, 6.45) is 5.97. The molecule has 0 amide bonds. The van der Waals surface area contributed by atoms with Gasteiger partial charge in [-0.05, 0) is 26.2 Å². The van der Waals surface area contributed by atoms with Crippen LogP contribution in [-0.2, 0) is 9.59 Å². The Kier molecular flexibility index (Phi) is 3.63. The van der Waals surface area contributed by atoms with Crippen LogP contribution in [0.25, 0.3) is 0 Å². The Morgan fingerprint density at radius 2 is 1.93 bits per heavy atom. The molecule has 0 saturated carbocycles. The van der Waals surface area contributed by atoms with Crippen molar-refractivity contribution in [2.24, 2.45) is 0 Å². The van der Waals surface area contributed by atoms with Crippen LogP contribution >= 0.6 is 0 Å². The predicted molar refractivity (Wildman–Crippen MR) is 53.0 cm³/mol. The topological polar surface area (TPSA) is 54.4 Å². The van der Waals surface area contributed by atoms with Gasteiger partial charge >= 0.3 is 5.97 Å². The molecule has 0 atom stereocenters. The van der Waals surface area contributed by atoms with Gasteiger partial charge < -0.3 is 5.11 Å². The van der Waals surface area contributed by atoms with E-state index in [2.05, 4.69) is 0 Å². The Morgan fingerprint density at radius 3 is 2.57 bits per heavy atom. The summed E-state index contributed by atoms with van der Waals surface area (Å²) in [4.78, 5) is 22.1. The molecule has 0 aromatic carbocycles. The van der Waals surface area contributed by atoms with Gasteiger partial charge in [-0.15, -0.1) is 0 Å². The van der Waals surface area contributed by atoms with Crippen molar-refractivity contribution in [1.29, 1.82) is 0 Å². The third-order valence-corrected chi connectivity index (χ3v) is 2.28. The number of Topliss-reactive ketones (excluding diaryl/α,β-unsaturated/α-hetero) is 1. The number of carboxylic acid groups (broad SMARTS) is 1. The summed E-state index contributed by atoms with van der Waals surface area (Å²) in [6, 6.07) is 0. The third-order valence-electron chi connectivity index (χ3n) is 2.28. The molecule has 0 heterocycles. The molecule has 0 spiro atoms. The fourth-order valence-corrected chi connectivity index (χ4v) is 1.45.